The predicted molar refractivity (Wildman–Crippen MR) is 184 cm³/mol. The minimum atomic E-state index is -4.39. The van der Waals surface area contributed by atoms with Gasteiger partial charge in [0.25, 0.3) is 0 Å². The number of aromatic nitrogens is 1. The van der Waals surface area contributed by atoms with Crippen molar-refractivity contribution in [1.29, 1.82) is 0 Å². The molecule has 1 unspecified atom stereocenters. The van der Waals surface area contributed by atoms with E-state index in [0.717, 1.165) is 60.4 Å². The maximum atomic E-state index is 13.7. The fourth-order valence-corrected chi connectivity index (χ4v) is 7.23. The van der Waals surface area contributed by atoms with Crippen LogP contribution in [0.4, 0.5) is 18.9 Å². The van der Waals surface area contributed by atoms with Crippen LogP contribution < -0.4 is 4.90 Å². The second kappa shape index (κ2) is 13.1. The molecule has 2 atom stereocenters. The monoisotopic (exact) mass is 665 g/mol. The van der Waals surface area contributed by atoms with Crippen molar-refractivity contribution in [2.75, 3.05) is 24.5 Å². The summed E-state index contributed by atoms with van der Waals surface area (Å²) in [6.45, 7) is 20.4. The first-order valence-electron chi connectivity index (χ1n) is 17.0. The van der Waals surface area contributed by atoms with Gasteiger partial charge in [-0.05, 0) is 107 Å². The first-order chi connectivity index (χ1) is 22.3. The lowest BCUT2D eigenvalue weighted by molar-refractivity contribution is -0.160. The van der Waals surface area contributed by atoms with E-state index in [1.807, 2.05) is 41.5 Å². The fourth-order valence-electron chi connectivity index (χ4n) is 7.23. The molecule has 0 aliphatic carbocycles. The smallest absolute Gasteiger partial charge is 0.416 e. The molecule has 3 aromatic rings. The molecule has 9 heteroatoms. The van der Waals surface area contributed by atoms with E-state index in [9.17, 15) is 23.1 Å². The van der Waals surface area contributed by atoms with Gasteiger partial charge in [-0.2, -0.15) is 13.2 Å². The van der Waals surface area contributed by atoms with E-state index < -0.39 is 29.4 Å². The number of piperidine rings is 1. The molecule has 1 fully saturated rings. The van der Waals surface area contributed by atoms with Crippen molar-refractivity contribution in [2.45, 2.75) is 112 Å². The molecule has 0 amide bonds. The topological polar surface area (TPSA) is 65.9 Å². The number of carboxylic acid groups (broad SMARTS) is 1. The zero-order valence-corrected chi connectivity index (χ0v) is 29.8. The first kappa shape index (κ1) is 35.9. The summed E-state index contributed by atoms with van der Waals surface area (Å²) in [6.07, 6.45) is -2.87. The molecular weight excluding hydrogens is 615 g/mol. The summed E-state index contributed by atoms with van der Waals surface area (Å²) in [7, 11) is 0. The van der Waals surface area contributed by atoms with Crippen LogP contribution in [0.2, 0.25) is 0 Å². The second-order valence-corrected chi connectivity index (χ2v) is 15.5. The number of carbonyl (C=O) groups is 1. The number of benzene rings is 2. The standard InChI is InChI=1S/C39H50F3N3O3/c1-23-10-11-27(21-31(23)39(40,41)42)26(4)45-17-14-28-20-29(12-13-30(28)22-45)32-24(2)43-25(3)33(35(36(46)47)48-37(5,6)7)34(32)44-18-15-38(8,9)16-19-44/h10-13,20-21,26,35H,14-19,22H2,1-9H3,(H,46,47)/t26?,35-/m0/s1. The molecule has 260 valence electrons. The molecular formula is C39H50F3N3O3. The lowest BCUT2D eigenvalue weighted by Gasteiger charge is -2.41. The number of fused-ring (bicyclic) bond motifs is 1. The number of hydrogen-bond acceptors (Lipinski definition) is 5. The van der Waals surface area contributed by atoms with Gasteiger partial charge in [0.2, 0.25) is 0 Å². The number of aryl methyl sites for hydroxylation is 3. The van der Waals surface area contributed by atoms with Crippen LogP contribution in [0.5, 0.6) is 0 Å². The van der Waals surface area contributed by atoms with Crippen molar-refractivity contribution in [3.63, 3.8) is 0 Å². The SMILES string of the molecule is Cc1ccc(C(C)N2CCc3cc(-c4c(C)nc(C)c([C@H](OC(C)(C)C)C(=O)O)c4N4CCC(C)(C)CC4)ccc3C2)cc1C(F)(F)F. The van der Waals surface area contributed by atoms with E-state index in [1.54, 1.807) is 12.1 Å². The van der Waals surface area contributed by atoms with Crippen LogP contribution in [0, 0.1) is 26.2 Å². The number of halogens is 3. The van der Waals surface area contributed by atoms with Gasteiger partial charge in [-0.1, -0.05) is 44.2 Å². The van der Waals surface area contributed by atoms with E-state index in [-0.39, 0.29) is 17.0 Å². The Kier molecular flexibility index (Phi) is 9.80. The number of rotatable bonds is 7. The van der Waals surface area contributed by atoms with Gasteiger partial charge >= 0.3 is 12.1 Å². The van der Waals surface area contributed by atoms with Gasteiger partial charge in [0.05, 0.1) is 16.9 Å². The quantitative estimate of drug-likeness (QED) is 0.271. The summed E-state index contributed by atoms with van der Waals surface area (Å²) in [5, 5.41) is 10.5. The van der Waals surface area contributed by atoms with Crippen molar-refractivity contribution in [3.8, 4) is 11.1 Å². The molecule has 0 saturated carbocycles. The normalized spacial score (nSPS) is 18.4. The molecule has 3 heterocycles. The van der Waals surface area contributed by atoms with Crippen LogP contribution in [0.25, 0.3) is 11.1 Å². The molecule has 2 aromatic carbocycles. The van der Waals surface area contributed by atoms with Crippen LogP contribution in [0.1, 0.15) is 111 Å². The van der Waals surface area contributed by atoms with E-state index in [2.05, 4.69) is 41.8 Å². The molecule has 0 radical (unpaired) electrons. The lowest BCUT2D eigenvalue weighted by Crippen LogP contribution is -2.39. The number of ether oxygens (including phenoxy) is 1. The number of aliphatic carboxylic acids is 1. The highest BCUT2D eigenvalue weighted by Gasteiger charge is 2.37. The Morgan fingerprint density at radius 3 is 2.23 bits per heavy atom. The van der Waals surface area contributed by atoms with Gasteiger partial charge in [0.15, 0.2) is 6.10 Å². The molecule has 2 aliphatic heterocycles. The number of alkyl halides is 3. The molecule has 48 heavy (non-hydrogen) atoms. The van der Waals surface area contributed by atoms with Gasteiger partial charge in [-0.15, -0.1) is 0 Å². The maximum Gasteiger partial charge on any atom is 0.416 e. The summed E-state index contributed by atoms with van der Waals surface area (Å²) in [5.41, 5.74) is 7.02. The highest BCUT2D eigenvalue weighted by Crippen LogP contribution is 2.45. The number of carboxylic acids is 1. The summed E-state index contributed by atoms with van der Waals surface area (Å²) in [5.74, 6) is -1.04. The molecule has 1 aromatic heterocycles. The van der Waals surface area contributed by atoms with Crippen LogP contribution in [0.15, 0.2) is 36.4 Å². The van der Waals surface area contributed by atoms with Crippen LogP contribution >= 0.6 is 0 Å². The van der Waals surface area contributed by atoms with E-state index in [0.29, 0.717) is 29.9 Å². The van der Waals surface area contributed by atoms with Crippen LogP contribution in [-0.2, 0) is 28.7 Å². The zero-order chi connectivity index (χ0) is 35.3. The van der Waals surface area contributed by atoms with Gasteiger partial charge in [-0.3, -0.25) is 9.88 Å². The molecule has 0 spiro atoms. The fraction of sp³-hybridized carbons (Fsp3) is 0.538. The third kappa shape index (κ3) is 7.57. The molecule has 0 bridgehead atoms. The van der Waals surface area contributed by atoms with E-state index in [4.69, 9.17) is 9.72 Å². The summed E-state index contributed by atoms with van der Waals surface area (Å²) >= 11 is 0. The van der Waals surface area contributed by atoms with Gasteiger partial charge in [0, 0.05) is 54.7 Å². The van der Waals surface area contributed by atoms with Crippen molar-refractivity contribution < 1.29 is 27.8 Å². The maximum absolute atomic E-state index is 13.7. The van der Waals surface area contributed by atoms with E-state index >= 15 is 0 Å². The average Bonchev–Trinajstić information content (AvgIpc) is 2.98. The average molecular weight is 666 g/mol. The van der Waals surface area contributed by atoms with Crippen LogP contribution in [0.3, 0.4) is 0 Å². The second-order valence-electron chi connectivity index (χ2n) is 15.5. The van der Waals surface area contributed by atoms with Crippen molar-refractivity contribution in [2.24, 2.45) is 5.41 Å². The Balaban J connectivity index is 1.55. The third-order valence-electron chi connectivity index (χ3n) is 10.1. The van der Waals surface area contributed by atoms with Crippen LogP contribution in [-0.4, -0.2) is 46.2 Å². The molecule has 1 saturated heterocycles. The number of pyridine rings is 1. The summed E-state index contributed by atoms with van der Waals surface area (Å²) < 4.78 is 47.2. The molecule has 5 rings (SSSR count). The summed E-state index contributed by atoms with van der Waals surface area (Å²) in [6, 6.07) is 10.9. The number of nitrogens with zero attached hydrogens (tertiary/aromatic N) is 3. The Labute approximate surface area is 283 Å². The zero-order valence-electron chi connectivity index (χ0n) is 29.8. The summed E-state index contributed by atoms with van der Waals surface area (Å²) in [4.78, 5) is 22.3. The third-order valence-corrected chi connectivity index (χ3v) is 10.1. The Hall–Kier alpha value is -3.43. The van der Waals surface area contributed by atoms with Gasteiger partial charge in [-0.25, -0.2) is 4.79 Å². The van der Waals surface area contributed by atoms with Crippen molar-refractivity contribution >= 4 is 11.7 Å². The Morgan fingerprint density at radius 2 is 1.62 bits per heavy atom. The van der Waals surface area contributed by atoms with Gasteiger partial charge in [0.1, 0.15) is 0 Å². The minimum Gasteiger partial charge on any atom is -0.479 e. The first-order valence-corrected chi connectivity index (χ1v) is 17.0. The molecule has 1 N–H and O–H groups in total. The van der Waals surface area contributed by atoms with Crippen molar-refractivity contribution in [1.82, 2.24) is 9.88 Å². The highest BCUT2D eigenvalue weighted by molar-refractivity contribution is 5.88. The molecule has 6 nitrogen and oxygen atoms in total. The van der Waals surface area contributed by atoms with Crippen molar-refractivity contribution in [3.05, 3.63) is 81.2 Å². The highest BCUT2D eigenvalue weighted by atomic mass is 19.4. The Bertz CT molecular complexity index is 1680. The largest absolute Gasteiger partial charge is 0.479 e. The molecule has 2 aliphatic rings. The number of hydrogen-bond donors (Lipinski definition) is 1. The van der Waals surface area contributed by atoms with E-state index in [1.165, 1.54) is 18.6 Å². The minimum absolute atomic E-state index is 0.184. The predicted octanol–water partition coefficient (Wildman–Crippen LogP) is 9.38. The Morgan fingerprint density at radius 1 is 0.958 bits per heavy atom. The lowest BCUT2D eigenvalue weighted by atomic mass is 9.81. The number of anilines is 1. The van der Waals surface area contributed by atoms with Gasteiger partial charge < -0.3 is 14.7 Å².